The highest BCUT2D eigenvalue weighted by Gasteiger charge is 2.17. The van der Waals surface area contributed by atoms with Crippen LogP contribution in [0.1, 0.15) is 31.4 Å². The van der Waals surface area contributed by atoms with E-state index >= 15 is 0 Å². The monoisotopic (exact) mass is 256 g/mol. The largest absolute Gasteiger partial charge is 0.326 e. The third-order valence-electron chi connectivity index (χ3n) is 2.82. The molecule has 0 radical (unpaired) electrons. The molecule has 1 rings (SSSR count). The molecule has 17 heavy (non-hydrogen) atoms. The molecule has 1 aromatic carbocycles. The maximum absolute atomic E-state index is 12.0. The molecule has 0 saturated heterocycles. The normalized spacial score (nSPS) is 13.6. The van der Waals surface area contributed by atoms with Gasteiger partial charge in [-0.2, -0.15) is 0 Å². The first kappa shape index (κ1) is 14.2. The van der Waals surface area contributed by atoms with Crippen molar-refractivity contribution in [1.29, 1.82) is 0 Å². The first-order valence-corrected chi connectivity index (χ1v) is 7.21. The smallest absolute Gasteiger partial charge is 0.240 e. The van der Waals surface area contributed by atoms with Crippen LogP contribution in [0.4, 0.5) is 0 Å². The fourth-order valence-electron chi connectivity index (χ4n) is 1.45. The minimum Gasteiger partial charge on any atom is -0.326 e. The minimum atomic E-state index is -3.43. The van der Waals surface area contributed by atoms with Crippen LogP contribution >= 0.6 is 0 Å². The molecule has 0 aliphatic carbocycles. The van der Waals surface area contributed by atoms with E-state index in [1.54, 1.807) is 18.2 Å². The zero-order valence-corrected chi connectivity index (χ0v) is 11.3. The lowest BCUT2D eigenvalue weighted by Gasteiger charge is -2.13. The highest BCUT2D eigenvalue weighted by molar-refractivity contribution is 7.89. The summed E-state index contributed by atoms with van der Waals surface area (Å²) in [7, 11) is -3.43. The van der Waals surface area contributed by atoms with Crippen LogP contribution in [0, 0.1) is 6.92 Å². The Labute approximate surface area is 103 Å². The minimum absolute atomic E-state index is 0.0670. The Balaban J connectivity index is 3.07. The van der Waals surface area contributed by atoms with Crippen LogP contribution < -0.4 is 10.5 Å². The molecule has 5 heteroatoms. The van der Waals surface area contributed by atoms with Crippen LogP contribution in [-0.4, -0.2) is 14.5 Å². The molecule has 1 unspecified atom stereocenters. The molecule has 3 N–H and O–H groups in total. The predicted octanol–water partition coefficient (Wildman–Crippen LogP) is 1.53. The molecule has 1 aromatic rings. The average Bonchev–Trinajstić information content (AvgIpc) is 2.28. The first-order chi connectivity index (χ1) is 7.90. The second-order valence-electron chi connectivity index (χ2n) is 4.22. The molecule has 0 amide bonds. The molecule has 0 spiro atoms. The maximum atomic E-state index is 12.0. The number of aryl methyl sites for hydroxylation is 1. The maximum Gasteiger partial charge on any atom is 0.240 e. The molecule has 0 bridgehead atoms. The van der Waals surface area contributed by atoms with Crippen molar-refractivity contribution < 1.29 is 8.42 Å². The van der Waals surface area contributed by atoms with Gasteiger partial charge in [0.05, 0.1) is 4.90 Å². The number of sulfonamides is 1. The van der Waals surface area contributed by atoms with Gasteiger partial charge in [-0.3, -0.25) is 0 Å². The Morgan fingerprint density at radius 2 is 2.06 bits per heavy atom. The summed E-state index contributed by atoms with van der Waals surface area (Å²) in [5.74, 6) is 0. The lowest BCUT2D eigenvalue weighted by Crippen LogP contribution is -2.32. The van der Waals surface area contributed by atoms with Crippen molar-refractivity contribution >= 4 is 10.0 Å². The molecule has 0 aromatic heterocycles. The molecule has 96 valence electrons. The second kappa shape index (κ2) is 5.62. The topological polar surface area (TPSA) is 72.2 Å². The van der Waals surface area contributed by atoms with Crippen molar-refractivity contribution in [2.75, 3.05) is 0 Å². The Morgan fingerprint density at radius 1 is 1.41 bits per heavy atom. The first-order valence-electron chi connectivity index (χ1n) is 5.72. The molecule has 4 nitrogen and oxygen atoms in total. The summed E-state index contributed by atoms with van der Waals surface area (Å²) in [6, 6.07) is 4.97. The van der Waals surface area contributed by atoms with E-state index in [9.17, 15) is 8.42 Å². The van der Waals surface area contributed by atoms with E-state index in [1.165, 1.54) is 0 Å². The second-order valence-corrected chi connectivity index (χ2v) is 5.94. The fraction of sp³-hybridized carbons (Fsp3) is 0.500. The SMILES string of the molecule is CCC(C)NS(=O)(=O)c1ccc(C)c(CN)c1. The van der Waals surface area contributed by atoms with Crippen molar-refractivity contribution in [3.8, 4) is 0 Å². The van der Waals surface area contributed by atoms with E-state index in [0.29, 0.717) is 6.54 Å². The summed E-state index contributed by atoms with van der Waals surface area (Å²) < 4.78 is 26.7. The molecule has 1 atom stereocenters. The highest BCUT2D eigenvalue weighted by atomic mass is 32.2. The average molecular weight is 256 g/mol. The highest BCUT2D eigenvalue weighted by Crippen LogP contribution is 2.15. The van der Waals surface area contributed by atoms with E-state index < -0.39 is 10.0 Å². The van der Waals surface area contributed by atoms with Crippen LogP contribution in [0.5, 0.6) is 0 Å². The van der Waals surface area contributed by atoms with Crippen LogP contribution in [0.25, 0.3) is 0 Å². The van der Waals surface area contributed by atoms with Crippen molar-refractivity contribution in [2.45, 2.75) is 44.7 Å². The lowest BCUT2D eigenvalue weighted by molar-refractivity contribution is 0.555. The Hall–Kier alpha value is -0.910. The van der Waals surface area contributed by atoms with Gasteiger partial charge in [-0.25, -0.2) is 13.1 Å². The van der Waals surface area contributed by atoms with E-state index in [4.69, 9.17) is 5.73 Å². The van der Waals surface area contributed by atoms with Gasteiger partial charge in [0.2, 0.25) is 10.0 Å². The van der Waals surface area contributed by atoms with Gasteiger partial charge < -0.3 is 5.73 Å². The Bertz CT molecular complexity index is 483. The van der Waals surface area contributed by atoms with Gasteiger partial charge in [0.15, 0.2) is 0 Å². The quantitative estimate of drug-likeness (QED) is 0.839. The molecule has 0 aliphatic rings. The summed E-state index contributed by atoms with van der Waals surface area (Å²) >= 11 is 0. The van der Waals surface area contributed by atoms with E-state index in [2.05, 4.69) is 4.72 Å². The van der Waals surface area contributed by atoms with Crippen LogP contribution in [0.2, 0.25) is 0 Å². The van der Waals surface area contributed by atoms with Gasteiger partial charge in [0.25, 0.3) is 0 Å². The number of nitrogens with two attached hydrogens (primary N) is 1. The summed E-state index contributed by atoms with van der Waals surface area (Å²) in [6.07, 6.45) is 0.759. The van der Waals surface area contributed by atoms with Gasteiger partial charge in [0.1, 0.15) is 0 Å². The van der Waals surface area contributed by atoms with Crippen LogP contribution in [0.15, 0.2) is 23.1 Å². The molecule has 0 fully saturated rings. The number of hydrogen-bond acceptors (Lipinski definition) is 3. The van der Waals surface area contributed by atoms with E-state index in [0.717, 1.165) is 17.5 Å². The van der Waals surface area contributed by atoms with Crippen molar-refractivity contribution in [1.82, 2.24) is 4.72 Å². The number of benzene rings is 1. The van der Waals surface area contributed by atoms with Crippen molar-refractivity contribution in [3.05, 3.63) is 29.3 Å². The Kier molecular flexibility index (Phi) is 4.68. The van der Waals surface area contributed by atoms with E-state index in [1.807, 2.05) is 20.8 Å². The molecular weight excluding hydrogens is 236 g/mol. The third kappa shape index (κ3) is 3.52. The number of nitrogens with one attached hydrogen (secondary N) is 1. The zero-order chi connectivity index (χ0) is 13.1. The van der Waals surface area contributed by atoms with Gasteiger partial charge >= 0.3 is 0 Å². The van der Waals surface area contributed by atoms with Crippen molar-refractivity contribution in [2.24, 2.45) is 5.73 Å². The van der Waals surface area contributed by atoms with Crippen LogP contribution in [0.3, 0.4) is 0 Å². The summed E-state index contributed by atoms with van der Waals surface area (Å²) in [5.41, 5.74) is 7.44. The lowest BCUT2D eigenvalue weighted by atomic mass is 10.1. The summed E-state index contributed by atoms with van der Waals surface area (Å²) in [4.78, 5) is 0.281. The van der Waals surface area contributed by atoms with Gasteiger partial charge in [-0.1, -0.05) is 13.0 Å². The van der Waals surface area contributed by atoms with Gasteiger partial charge in [0, 0.05) is 12.6 Å². The number of rotatable bonds is 5. The zero-order valence-electron chi connectivity index (χ0n) is 10.5. The summed E-state index contributed by atoms with van der Waals surface area (Å²) in [6.45, 7) is 6.04. The molecule has 0 aliphatic heterocycles. The van der Waals surface area contributed by atoms with Crippen LogP contribution in [-0.2, 0) is 16.6 Å². The Morgan fingerprint density at radius 3 is 2.59 bits per heavy atom. The van der Waals surface area contributed by atoms with E-state index in [-0.39, 0.29) is 10.9 Å². The summed E-state index contributed by atoms with van der Waals surface area (Å²) in [5, 5.41) is 0. The molecule has 0 heterocycles. The molecular formula is C12H20N2O2S. The van der Waals surface area contributed by atoms with Crippen molar-refractivity contribution in [3.63, 3.8) is 0 Å². The standard InChI is InChI=1S/C12H20N2O2S/c1-4-10(3)14-17(15,16)12-6-5-9(2)11(7-12)8-13/h5-7,10,14H,4,8,13H2,1-3H3. The number of hydrogen-bond donors (Lipinski definition) is 2. The predicted molar refractivity (Wildman–Crippen MR) is 69.1 cm³/mol. The fourth-order valence-corrected chi connectivity index (χ4v) is 2.83. The third-order valence-corrected chi connectivity index (χ3v) is 4.41. The van der Waals surface area contributed by atoms with Gasteiger partial charge in [-0.05, 0) is 43.5 Å². The molecule has 0 saturated carbocycles. The van der Waals surface area contributed by atoms with Gasteiger partial charge in [-0.15, -0.1) is 0 Å².